The van der Waals surface area contributed by atoms with Crippen LogP contribution in [0, 0.1) is 0 Å². The number of nitrogens with zero attached hydrogens (tertiary/aromatic N) is 3. The van der Waals surface area contributed by atoms with Crippen LogP contribution in [0.25, 0.3) is 0 Å². The van der Waals surface area contributed by atoms with E-state index in [1.807, 2.05) is 0 Å². The van der Waals surface area contributed by atoms with Gasteiger partial charge in [0.25, 0.3) is 5.91 Å². The van der Waals surface area contributed by atoms with Crippen LogP contribution in [0.4, 0.5) is 0 Å². The number of phenols is 1. The second-order valence-electron chi connectivity index (χ2n) is 4.55. The Morgan fingerprint density at radius 2 is 2.36 bits per heavy atom. The summed E-state index contributed by atoms with van der Waals surface area (Å²) >= 11 is 3.25. The molecule has 7 heteroatoms. The first-order valence-electron chi connectivity index (χ1n) is 6.47. The summed E-state index contributed by atoms with van der Waals surface area (Å²) in [5.41, 5.74) is 3.88. The Hall–Kier alpha value is -2.41. The Kier molecular flexibility index (Phi) is 5.11. The molecule has 0 atom stereocenters. The van der Waals surface area contributed by atoms with Crippen LogP contribution in [0.5, 0.6) is 5.75 Å². The molecule has 0 fully saturated rings. The molecule has 0 aliphatic carbocycles. The van der Waals surface area contributed by atoms with Crippen LogP contribution in [0.15, 0.2) is 46.6 Å². The lowest BCUT2D eigenvalue weighted by molar-refractivity contribution is 0.0948. The molecule has 0 saturated carbocycles. The van der Waals surface area contributed by atoms with Gasteiger partial charge in [0.2, 0.25) is 0 Å². The smallest absolute Gasteiger partial charge is 0.293 e. The highest BCUT2D eigenvalue weighted by atomic mass is 79.9. The van der Waals surface area contributed by atoms with Gasteiger partial charge in [0, 0.05) is 18.8 Å². The third kappa shape index (κ3) is 3.62. The van der Waals surface area contributed by atoms with Crippen LogP contribution in [-0.2, 0) is 13.5 Å². The molecule has 1 aromatic carbocycles. The molecule has 2 rings (SSSR count). The lowest BCUT2D eigenvalue weighted by atomic mass is 10.1. The number of amides is 1. The van der Waals surface area contributed by atoms with Gasteiger partial charge in [-0.2, -0.15) is 10.2 Å². The maximum absolute atomic E-state index is 11.9. The number of hydrogen-bond acceptors (Lipinski definition) is 4. The van der Waals surface area contributed by atoms with Gasteiger partial charge in [-0.15, -0.1) is 6.58 Å². The van der Waals surface area contributed by atoms with E-state index in [0.29, 0.717) is 16.5 Å². The van der Waals surface area contributed by atoms with Crippen LogP contribution < -0.4 is 5.43 Å². The van der Waals surface area contributed by atoms with Gasteiger partial charge >= 0.3 is 0 Å². The van der Waals surface area contributed by atoms with Crippen molar-refractivity contribution in [1.82, 2.24) is 15.2 Å². The average molecular weight is 363 g/mol. The first kappa shape index (κ1) is 16.0. The van der Waals surface area contributed by atoms with Gasteiger partial charge in [-0.25, -0.2) is 5.43 Å². The molecule has 0 saturated heterocycles. The number of aromatic nitrogens is 2. The van der Waals surface area contributed by atoms with E-state index in [2.05, 4.69) is 38.1 Å². The van der Waals surface area contributed by atoms with Gasteiger partial charge in [-0.1, -0.05) is 18.2 Å². The molecule has 0 radical (unpaired) electrons. The third-order valence-electron chi connectivity index (χ3n) is 2.88. The molecule has 114 valence electrons. The lowest BCUT2D eigenvalue weighted by Crippen LogP contribution is -2.19. The highest BCUT2D eigenvalue weighted by molar-refractivity contribution is 9.10. The number of hydrogen-bond donors (Lipinski definition) is 2. The second-order valence-corrected chi connectivity index (χ2v) is 5.40. The molecule has 6 nitrogen and oxygen atoms in total. The molecule has 0 aliphatic heterocycles. The van der Waals surface area contributed by atoms with Gasteiger partial charge in [-0.05, 0) is 34.0 Å². The van der Waals surface area contributed by atoms with Crippen molar-refractivity contribution in [2.24, 2.45) is 12.1 Å². The number of aryl methyl sites for hydroxylation is 1. The quantitative estimate of drug-likeness (QED) is 0.486. The largest absolute Gasteiger partial charge is 0.507 e. The summed E-state index contributed by atoms with van der Waals surface area (Å²) < 4.78 is 2.10. The predicted molar refractivity (Wildman–Crippen MR) is 88.0 cm³/mol. The number of nitrogens with one attached hydrogen (secondary N) is 1. The van der Waals surface area contributed by atoms with E-state index >= 15 is 0 Å². The summed E-state index contributed by atoms with van der Waals surface area (Å²) in [6, 6.07) is 5.31. The van der Waals surface area contributed by atoms with E-state index in [9.17, 15) is 9.90 Å². The molecule has 0 aliphatic rings. The summed E-state index contributed by atoms with van der Waals surface area (Å²) in [7, 11) is 1.72. The molecule has 0 unspecified atom stereocenters. The number of allylic oxidation sites excluding steroid dienone is 1. The highest BCUT2D eigenvalue weighted by Gasteiger charge is 2.13. The lowest BCUT2D eigenvalue weighted by Gasteiger charge is -2.04. The number of aromatic hydroxyl groups is 1. The standard InChI is InChI=1S/C15H15BrN4O2/c1-3-5-10-6-4-7-11(14(10)21)8-17-18-15(22)13-12(16)9-20(2)19-13/h3-4,6-9,21H,1,5H2,2H3,(H,18,22)/b17-8+. The van der Waals surface area contributed by atoms with Gasteiger partial charge in [0.05, 0.1) is 10.7 Å². The molecule has 1 aromatic heterocycles. The fraction of sp³-hybridized carbons (Fsp3) is 0.133. The minimum absolute atomic E-state index is 0.124. The maximum atomic E-state index is 11.9. The SMILES string of the molecule is C=CCc1cccc(/C=N/NC(=O)c2nn(C)cc2Br)c1O. The summed E-state index contributed by atoms with van der Waals surface area (Å²) in [6.07, 6.45) is 5.32. The van der Waals surface area contributed by atoms with E-state index in [4.69, 9.17) is 0 Å². The molecule has 22 heavy (non-hydrogen) atoms. The van der Waals surface area contributed by atoms with Crippen molar-refractivity contribution >= 4 is 28.1 Å². The Morgan fingerprint density at radius 1 is 1.59 bits per heavy atom. The number of carbonyl (C=O) groups excluding carboxylic acids is 1. The molecule has 1 heterocycles. The van der Waals surface area contributed by atoms with Crippen molar-refractivity contribution < 1.29 is 9.90 Å². The van der Waals surface area contributed by atoms with Gasteiger partial charge in [-0.3, -0.25) is 9.48 Å². The number of para-hydroxylation sites is 1. The Morgan fingerprint density at radius 3 is 3.00 bits per heavy atom. The minimum Gasteiger partial charge on any atom is -0.507 e. The zero-order valence-corrected chi connectivity index (χ0v) is 13.5. The normalized spacial score (nSPS) is 10.8. The van der Waals surface area contributed by atoms with Crippen LogP contribution in [0.3, 0.4) is 0 Å². The van der Waals surface area contributed by atoms with Crippen molar-refractivity contribution in [2.45, 2.75) is 6.42 Å². The summed E-state index contributed by atoms with van der Waals surface area (Å²) in [4.78, 5) is 11.9. The second kappa shape index (κ2) is 7.04. The number of halogens is 1. The molecular formula is C15H15BrN4O2. The Bertz CT molecular complexity index is 737. The molecular weight excluding hydrogens is 348 g/mol. The van der Waals surface area contributed by atoms with Crippen molar-refractivity contribution in [3.8, 4) is 5.75 Å². The molecule has 0 spiro atoms. The van der Waals surface area contributed by atoms with E-state index in [1.165, 1.54) is 10.9 Å². The van der Waals surface area contributed by atoms with Crippen molar-refractivity contribution in [1.29, 1.82) is 0 Å². The van der Waals surface area contributed by atoms with Crippen molar-refractivity contribution in [3.05, 3.63) is 58.3 Å². The third-order valence-corrected chi connectivity index (χ3v) is 3.46. The number of benzene rings is 1. The minimum atomic E-state index is -0.439. The summed E-state index contributed by atoms with van der Waals surface area (Å²) in [6.45, 7) is 3.64. The topological polar surface area (TPSA) is 79.5 Å². The van der Waals surface area contributed by atoms with Crippen LogP contribution >= 0.6 is 15.9 Å². The fourth-order valence-electron chi connectivity index (χ4n) is 1.86. The maximum Gasteiger partial charge on any atom is 0.293 e. The van der Waals surface area contributed by atoms with Crippen LogP contribution in [0.1, 0.15) is 21.6 Å². The van der Waals surface area contributed by atoms with Crippen molar-refractivity contribution in [3.63, 3.8) is 0 Å². The summed E-state index contributed by atoms with van der Waals surface area (Å²) in [5, 5.41) is 17.9. The van der Waals surface area contributed by atoms with Crippen molar-refractivity contribution in [2.75, 3.05) is 0 Å². The summed E-state index contributed by atoms with van der Waals surface area (Å²) in [5.74, 6) is -0.315. The Balaban J connectivity index is 2.10. The number of hydrazone groups is 1. The average Bonchev–Trinajstić information content (AvgIpc) is 2.82. The van der Waals surface area contributed by atoms with Crippen LogP contribution in [-0.4, -0.2) is 27.0 Å². The van der Waals surface area contributed by atoms with Gasteiger partial charge in [0.1, 0.15) is 5.75 Å². The monoisotopic (exact) mass is 362 g/mol. The Labute approximate surface area is 136 Å². The molecule has 0 bridgehead atoms. The fourth-order valence-corrected chi connectivity index (χ4v) is 2.42. The first-order chi connectivity index (χ1) is 10.5. The van der Waals surface area contributed by atoms with Gasteiger partial charge in [0.15, 0.2) is 5.69 Å². The van der Waals surface area contributed by atoms with Crippen LogP contribution in [0.2, 0.25) is 0 Å². The zero-order valence-electron chi connectivity index (χ0n) is 12.0. The number of carbonyl (C=O) groups is 1. The van der Waals surface area contributed by atoms with Gasteiger partial charge < -0.3 is 5.11 Å². The number of phenolic OH excluding ortho intramolecular Hbond substituents is 1. The molecule has 2 aromatic rings. The van der Waals surface area contributed by atoms with E-state index in [0.717, 1.165) is 5.56 Å². The number of rotatable bonds is 5. The first-order valence-corrected chi connectivity index (χ1v) is 7.26. The van der Waals surface area contributed by atoms with E-state index < -0.39 is 5.91 Å². The van der Waals surface area contributed by atoms with E-state index in [1.54, 1.807) is 37.5 Å². The zero-order chi connectivity index (χ0) is 16.1. The predicted octanol–water partition coefficient (Wildman–Crippen LogP) is 2.38. The molecule has 1 amide bonds. The highest BCUT2D eigenvalue weighted by Crippen LogP contribution is 2.21. The molecule has 2 N–H and O–H groups in total. The van der Waals surface area contributed by atoms with E-state index in [-0.39, 0.29) is 11.4 Å².